The van der Waals surface area contributed by atoms with Crippen LogP contribution in [0.4, 0.5) is 13.2 Å². The first-order valence-electron chi connectivity index (χ1n) is 7.60. The number of piperidine rings is 1. The second-order valence-electron chi connectivity index (χ2n) is 6.04. The van der Waals surface area contributed by atoms with Crippen LogP contribution < -0.4 is 4.74 Å². The maximum absolute atomic E-state index is 13.1. The van der Waals surface area contributed by atoms with Gasteiger partial charge < -0.3 is 9.47 Å². The summed E-state index contributed by atoms with van der Waals surface area (Å²) in [5.41, 5.74) is -0.0956. The first-order chi connectivity index (χ1) is 10.4. The highest BCUT2D eigenvalue weighted by atomic mass is 19.4. The quantitative estimate of drug-likeness (QED) is 0.854. The number of alkyl halides is 3. The van der Waals surface area contributed by atoms with Crippen LogP contribution in [0.5, 0.6) is 5.75 Å². The molecule has 0 spiro atoms. The lowest BCUT2D eigenvalue weighted by atomic mass is 10.0. The van der Waals surface area contributed by atoms with Gasteiger partial charge in [0.25, 0.3) is 0 Å². The molecule has 0 N–H and O–H groups in total. The predicted molar refractivity (Wildman–Crippen MR) is 76.0 cm³/mol. The minimum atomic E-state index is -4.38. The number of rotatable bonds is 3. The number of ether oxygens (including phenoxy) is 2. The second-order valence-corrected chi connectivity index (χ2v) is 6.04. The molecule has 0 bridgehead atoms. The standard InChI is InChI=1S/C16H20F3NO2/c1-11-2-3-15(14(8-11)16(17,18)19)22-13-4-6-20(7-5-13)12-9-21-10-12/h2-3,8,12-13H,4-7,9-10H2,1H3. The molecule has 0 saturated carbocycles. The third kappa shape index (κ3) is 3.38. The van der Waals surface area contributed by atoms with E-state index < -0.39 is 11.7 Å². The third-order valence-corrected chi connectivity index (χ3v) is 4.35. The Hall–Kier alpha value is -1.27. The van der Waals surface area contributed by atoms with Crippen molar-refractivity contribution >= 4 is 0 Å². The molecular weight excluding hydrogens is 295 g/mol. The second kappa shape index (κ2) is 6.08. The van der Waals surface area contributed by atoms with Gasteiger partial charge in [-0.2, -0.15) is 13.2 Å². The topological polar surface area (TPSA) is 21.7 Å². The molecule has 0 aromatic heterocycles. The van der Waals surface area contributed by atoms with Gasteiger partial charge in [-0.15, -0.1) is 0 Å². The van der Waals surface area contributed by atoms with Crippen molar-refractivity contribution in [3.63, 3.8) is 0 Å². The van der Waals surface area contributed by atoms with E-state index in [1.807, 2.05) is 0 Å². The van der Waals surface area contributed by atoms with E-state index in [2.05, 4.69) is 4.90 Å². The number of benzene rings is 1. The molecule has 22 heavy (non-hydrogen) atoms. The van der Waals surface area contributed by atoms with Gasteiger partial charge >= 0.3 is 6.18 Å². The molecule has 0 radical (unpaired) electrons. The molecule has 2 heterocycles. The highest BCUT2D eigenvalue weighted by Gasteiger charge is 2.36. The normalized spacial score (nSPS) is 21.6. The van der Waals surface area contributed by atoms with E-state index in [0.717, 1.165) is 45.2 Å². The van der Waals surface area contributed by atoms with Gasteiger partial charge in [-0.05, 0) is 31.9 Å². The van der Waals surface area contributed by atoms with Crippen molar-refractivity contribution in [2.24, 2.45) is 0 Å². The Morgan fingerprint density at radius 1 is 1.18 bits per heavy atom. The van der Waals surface area contributed by atoms with Crippen molar-refractivity contribution in [3.8, 4) is 5.75 Å². The largest absolute Gasteiger partial charge is 0.490 e. The first-order valence-corrected chi connectivity index (χ1v) is 7.60. The maximum Gasteiger partial charge on any atom is 0.419 e. The number of nitrogens with zero attached hydrogens (tertiary/aromatic N) is 1. The zero-order valence-electron chi connectivity index (χ0n) is 12.5. The Bertz CT molecular complexity index is 521. The molecule has 0 aliphatic carbocycles. The van der Waals surface area contributed by atoms with Crippen LogP contribution in [0.25, 0.3) is 0 Å². The molecule has 0 amide bonds. The molecule has 3 rings (SSSR count). The van der Waals surface area contributed by atoms with Crippen LogP contribution >= 0.6 is 0 Å². The molecule has 0 unspecified atom stereocenters. The molecule has 0 atom stereocenters. The average molecular weight is 315 g/mol. The van der Waals surface area contributed by atoms with E-state index in [1.54, 1.807) is 13.0 Å². The number of likely N-dealkylation sites (tertiary alicyclic amines) is 1. The summed E-state index contributed by atoms with van der Waals surface area (Å²) in [6.45, 7) is 4.89. The summed E-state index contributed by atoms with van der Waals surface area (Å²) >= 11 is 0. The number of halogens is 3. The Morgan fingerprint density at radius 3 is 2.41 bits per heavy atom. The van der Waals surface area contributed by atoms with Crippen molar-refractivity contribution < 1.29 is 22.6 Å². The van der Waals surface area contributed by atoms with Crippen LogP contribution in [0.1, 0.15) is 24.0 Å². The monoisotopic (exact) mass is 315 g/mol. The molecule has 2 fully saturated rings. The van der Waals surface area contributed by atoms with E-state index in [-0.39, 0.29) is 11.9 Å². The SMILES string of the molecule is Cc1ccc(OC2CCN(C3COC3)CC2)c(C(F)(F)F)c1. The molecule has 2 aliphatic rings. The number of aryl methyl sites for hydroxylation is 1. The molecule has 3 nitrogen and oxygen atoms in total. The Labute approximate surface area is 128 Å². The van der Waals surface area contributed by atoms with Gasteiger partial charge in [0.15, 0.2) is 0 Å². The molecule has 1 aromatic carbocycles. The Kier molecular flexibility index (Phi) is 4.32. The van der Waals surface area contributed by atoms with Crippen LogP contribution in [0.3, 0.4) is 0 Å². The van der Waals surface area contributed by atoms with Crippen molar-refractivity contribution in [2.75, 3.05) is 26.3 Å². The predicted octanol–water partition coefficient (Wildman–Crippen LogP) is 3.26. The summed E-state index contributed by atoms with van der Waals surface area (Å²) in [6.07, 6.45) is -3.03. The number of hydrogen-bond acceptors (Lipinski definition) is 3. The fourth-order valence-corrected chi connectivity index (χ4v) is 2.94. The van der Waals surface area contributed by atoms with Crippen LogP contribution in [-0.4, -0.2) is 43.3 Å². The van der Waals surface area contributed by atoms with Crippen molar-refractivity contribution in [1.82, 2.24) is 4.90 Å². The molecule has 1 aromatic rings. The highest BCUT2D eigenvalue weighted by Crippen LogP contribution is 2.37. The minimum absolute atomic E-state index is 0.0523. The van der Waals surface area contributed by atoms with Crippen LogP contribution in [-0.2, 0) is 10.9 Å². The van der Waals surface area contributed by atoms with Gasteiger partial charge in [0.1, 0.15) is 11.9 Å². The summed E-state index contributed by atoms with van der Waals surface area (Å²) in [4.78, 5) is 2.34. The van der Waals surface area contributed by atoms with E-state index in [1.165, 1.54) is 6.07 Å². The first kappa shape index (κ1) is 15.6. The smallest absolute Gasteiger partial charge is 0.419 e. The van der Waals surface area contributed by atoms with Gasteiger partial charge in [-0.1, -0.05) is 11.6 Å². The molecular formula is C16H20F3NO2. The molecule has 2 aliphatic heterocycles. The number of hydrogen-bond donors (Lipinski definition) is 0. The van der Waals surface area contributed by atoms with Crippen molar-refractivity contribution in [3.05, 3.63) is 29.3 Å². The van der Waals surface area contributed by atoms with Crippen LogP contribution in [0.15, 0.2) is 18.2 Å². The van der Waals surface area contributed by atoms with Gasteiger partial charge in [0.05, 0.1) is 24.8 Å². The van der Waals surface area contributed by atoms with Crippen LogP contribution in [0, 0.1) is 6.92 Å². The summed E-state index contributed by atoms with van der Waals surface area (Å²) in [7, 11) is 0. The summed E-state index contributed by atoms with van der Waals surface area (Å²) < 4.78 is 50.2. The minimum Gasteiger partial charge on any atom is -0.490 e. The van der Waals surface area contributed by atoms with Gasteiger partial charge in [-0.25, -0.2) is 0 Å². The van der Waals surface area contributed by atoms with Gasteiger partial charge in [-0.3, -0.25) is 4.90 Å². The van der Waals surface area contributed by atoms with E-state index >= 15 is 0 Å². The van der Waals surface area contributed by atoms with E-state index in [4.69, 9.17) is 9.47 Å². The van der Waals surface area contributed by atoms with Gasteiger partial charge in [0.2, 0.25) is 0 Å². The molecule has 2 saturated heterocycles. The zero-order valence-corrected chi connectivity index (χ0v) is 12.5. The maximum atomic E-state index is 13.1. The van der Waals surface area contributed by atoms with E-state index in [9.17, 15) is 13.2 Å². The van der Waals surface area contributed by atoms with Crippen molar-refractivity contribution in [1.29, 1.82) is 0 Å². The van der Waals surface area contributed by atoms with Crippen LogP contribution in [0.2, 0.25) is 0 Å². The lowest BCUT2D eigenvalue weighted by Gasteiger charge is -2.41. The molecule has 6 heteroatoms. The highest BCUT2D eigenvalue weighted by molar-refractivity contribution is 5.39. The Balaban J connectivity index is 1.64. The zero-order chi connectivity index (χ0) is 15.7. The third-order valence-electron chi connectivity index (χ3n) is 4.35. The lowest BCUT2D eigenvalue weighted by Crippen LogP contribution is -2.52. The molecule has 122 valence electrons. The van der Waals surface area contributed by atoms with Gasteiger partial charge in [0, 0.05) is 13.1 Å². The van der Waals surface area contributed by atoms with Crippen molar-refractivity contribution in [2.45, 2.75) is 38.1 Å². The van der Waals surface area contributed by atoms with E-state index in [0.29, 0.717) is 11.6 Å². The summed E-state index contributed by atoms with van der Waals surface area (Å²) in [6, 6.07) is 4.72. The summed E-state index contributed by atoms with van der Waals surface area (Å²) in [5.74, 6) is -0.0523. The average Bonchev–Trinajstić information content (AvgIpc) is 2.40. The Morgan fingerprint density at radius 2 is 1.86 bits per heavy atom. The summed E-state index contributed by atoms with van der Waals surface area (Å²) in [5, 5.41) is 0. The fraction of sp³-hybridized carbons (Fsp3) is 0.625. The fourth-order valence-electron chi connectivity index (χ4n) is 2.94. The lowest BCUT2D eigenvalue weighted by molar-refractivity contribution is -0.139.